The van der Waals surface area contributed by atoms with Gasteiger partial charge in [0.15, 0.2) is 0 Å². The number of anilines is 1. The van der Waals surface area contributed by atoms with Gasteiger partial charge in [-0.2, -0.15) is 0 Å². The Morgan fingerprint density at radius 1 is 0.972 bits per heavy atom. The molecular formula is C24H29Cl4N3O4S. The molecular weight excluding hydrogens is 568 g/mol. The smallest absolute Gasteiger partial charge is 0.244 e. The number of carbonyl (C=O) groups excluding carboxylic acids is 2. The molecule has 198 valence electrons. The van der Waals surface area contributed by atoms with Crippen molar-refractivity contribution < 1.29 is 18.0 Å². The number of carbonyl (C=O) groups is 2. The maximum Gasteiger partial charge on any atom is 0.244 e. The van der Waals surface area contributed by atoms with Crippen LogP contribution < -0.4 is 9.62 Å². The number of amides is 2. The van der Waals surface area contributed by atoms with Gasteiger partial charge in [-0.05, 0) is 63.1 Å². The summed E-state index contributed by atoms with van der Waals surface area (Å²) in [5.74, 6) is -0.970. The molecule has 2 aromatic carbocycles. The lowest BCUT2D eigenvalue weighted by molar-refractivity contribution is -0.141. The monoisotopic (exact) mass is 595 g/mol. The molecule has 0 radical (unpaired) electrons. The van der Waals surface area contributed by atoms with Crippen molar-refractivity contribution in [2.45, 2.75) is 52.2 Å². The van der Waals surface area contributed by atoms with Crippen molar-refractivity contribution >= 4 is 73.9 Å². The van der Waals surface area contributed by atoms with Gasteiger partial charge in [0.25, 0.3) is 0 Å². The molecule has 2 aromatic rings. The van der Waals surface area contributed by atoms with Crippen LogP contribution in [0, 0.1) is 0 Å². The van der Waals surface area contributed by atoms with Crippen LogP contribution in [-0.2, 0) is 26.2 Å². The first-order valence-corrected chi connectivity index (χ1v) is 14.4. The highest BCUT2D eigenvalue weighted by Crippen LogP contribution is 2.31. The third-order valence-electron chi connectivity index (χ3n) is 5.08. The summed E-state index contributed by atoms with van der Waals surface area (Å²) in [6.45, 7) is 6.68. The Hall–Kier alpha value is -1.71. The lowest BCUT2D eigenvalue weighted by Crippen LogP contribution is -2.55. The molecule has 2 rings (SSSR count). The first kappa shape index (κ1) is 30.5. The summed E-state index contributed by atoms with van der Waals surface area (Å²) in [4.78, 5) is 28.2. The molecule has 0 heterocycles. The van der Waals surface area contributed by atoms with Crippen LogP contribution in [0.5, 0.6) is 0 Å². The van der Waals surface area contributed by atoms with Gasteiger partial charge in [-0.15, -0.1) is 0 Å². The molecule has 0 fully saturated rings. The van der Waals surface area contributed by atoms with Crippen LogP contribution in [0.15, 0.2) is 36.4 Å². The van der Waals surface area contributed by atoms with Crippen molar-refractivity contribution in [3.05, 3.63) is 62.1 Å². The second kappa shape index (κ2) is 12.2. The van der Waals surface area contributed by atoms with Crippen LogP contribution in [0.1, 0.15) is 39.7 Å². The van der Waals surface area contributed by atoms with E-state index < -0.39 is 34.1 Å². The van der Waals surface area contributed by atoms with Gasteiger partial charge in [0.05, 0.1) is 27.0 Å². The summed E-state index contributed by atoms with van der Waals surface area (Å²) in [5.41, 5.74) is 0.173. The fourth-order valence-corrected chi connectivity index (χ4v) is 5.23. The second-order valence-corrected chi connectivity index (χ2v) is 12.9. The molecule has 0 aliphatic carbocycles. The maximum absolute atomic E-state index is 13.7. The second-order valence-electron chi connectivity index (χ2n) is 9.30. The van der Waals surface area contributed by atoms with Gasteiger partial charge in [0.1, 0.15) is 12.6 Å². The number of hydrogen-bond donors (Lipinski definition) is 1. The number of nitrogens with one attached hydrogen (secondary N) is 1. The van der Waals surface area contributed by atoms with Gasteiger partial charge < -0.3 is 10.2 Å². The van der Waals surface area contributed by atoms with E-state index in [4.69, 9.17) is 46.4 Å². The highest BCUT2D eigenvalue weighted by atomic mass is 35.5. The lowest BCUT2D eigenvalue weighted by atomic mass is 10.1. The average Bonchev–Trinajstić information content (AvgIpc) is 2.72. The molecule has 0 unspecified atom stereocenters. The summed E-state index contributed by atoms with van der Waals surface area (Å²) in [6.07, 6.45) is 1.26. The number of hydrogen-bond acceptors (Lipinski definition) is 4. The van der Waals surface area contributed by atoms with Gasteiger partial charge in [-0.25, -0.2) is 8.42 Å². The van der Waals surface area contributed by atoms with Crippen LogP contribution in [0.3, 0.4) is 0 Å². The number of rotatable bonds is 9. The van der Waals surface area contributed by atoms with E-state index in [0.717, 1.165) is 10.6 Å². The molecule has 1 N–H and O–H groups in total. The Bertz CT molecular complexity index is 1230. The molecule has 36 heavy (non-hydrogen) atoms. The van der Waals surface area contributed by atoms with Crippen molar-refractivity contribution in [3.63, 3.8) is 0 Å². The number of sulfonamides is 1. The molecule has 0 aromatic heterocycles. The molecule has 1 atom stereocenters. The molecule has 0 spiro atoms. The summed E-state index contributed by atoms with van der Waals surface area (Å²) >= 11 is 24.4. The average molecular weight is 597 g/mol. The number of halogens is 4. The van der Waals surface area contributed by atoms with Gasteiger partial charge in [0, 0.05) is 17.1 Å². The zero-order valence-corrected chi connectivity index (χ0v) is 24.5. The van der Waals surface area contributed by atoms with E-state index in [1.54, 1.807) is 25.1 Å². The quantitative estimate of drug-likeness (QED) is 0.397. The van der Waals surface area contributed by atoms with Crippen LogP contribution in [-0.4, -0.2) is 49.5 Å². The predicted octanol–water partition coefficient (Wildman–Crippen LogP) is 5.79. The third-order valence-corrected chi connectivity index (χ3v) is 7.48. The summed E-state index contributed by atoms with van der Waals surface area (Å²) in [7, 11) is -3.93. The zero-order valence-electron chi connectivity index (χ0n) is 20.6. The summed E-state index contributed by atoms with van der Waals surface area (Å²) < 4.78 is 26.3. The van der Waals surface area contributed by atoms with Crippen LogP contribution in [0.4, 0.5) is 5.69 Å². The minimum Gasteiger partial charge on any atom is -0.350 e. The van der Waals surface area contributed by atoms with E-state index in [-0.39, 0.29) is 29.6 Å². The van der Waals surface area contributed by atoms with Gasteiger partial charge >= 0.3 is 0 Å². The number of nitrogens with zero attached hydrogens (tertiary/aromatic N) is 2. The van der Waals surface area contributed by atoms with Gasteiger partial charge in [-0.3, -0.25) is 13.9 Å². The Morgan fingerprint density at radius 3 is 2.11 bits per heavy atom. The van der Waals surface area contributed by atoms with Crippen LogP contribution in [0.25, 0.3) is 0 Å². The van der Waals surface area contributed by atoms with Gasteiger partial charge in [0.2, 0.25) is 21.8 Å². The van der Waals surface area contributed by atoms with Gasteiger partial charge in [-0.1, -0.05) is 59.4 Å². The first-order valence-electron chi connectivity index (χ1n) is 11.0. The maximum atomic E-state index is 13.7. The van der Waals surface area contributed by atoms with Crippen LogP contribution >= 0.6 is 46.4 Å². The highest BCUT2D eigenvalue weighted by Gasteiger charge is 2.33. The normalized spacial score (nSPS) is 12.7. The Balaban J connectivity index is 2.52. The van der Waals surface area contributed by atoms with E-state index in [1.807, 2.05) is 20.8 Å². The van der Waals surface area contributed by atoms with Crippen molar-refractivity contribution in [1.82, 2.24) is 10.2 Å². The summed E-state index contributed by atoms with van der Waals surface area (Å²) in [5, 5.41) is 3.91. The van der Waals surface area contributed by atoms with Crippen molar-refractivity contribution in [2.24, 2.45) is 0 Å². The molecule has 0 saturated heterocycles. The van der Waals surface area contributed by atoms with E-state index in [2.05, 4.69) is 5.32 Å². The Morgan fingerprint density at radius 2 is 1.61 bits per heavy atom. The standard InChI is InChI=1S/C24H29Cl4N3O4S/c1-6-20(23(33)29-24(2,3)4)30(13-15-7-9-17(26)18(27)11-15)22(32)14-31(36(5,34)35)21-10-8-16(25)12-19(21)28/h7-12,20H,6,13-14H2,1-5H3,(H,29,33)/t20-/m0/s1. The predicted molar refractivity (Wildman–Crippen MR) is 148 cm³/mol. The fourth-order valence-electron chi connectivity index (χ4n) is 3.49. The Labute approximate surface area is 232 Å². The minimum absolute atomic E-state index is 0.00224. The van der Waals surface area contributed by atoms with Crippen molar-refractivity contribution in [1.29, 1.82) is 0 Å². The topological polar surface area (TPSA) is 86.8 Å². The van der Waals surface area contributed by atoms with E-state index in [0.29, 0.717) is 20.6 Å². The molecule has 12 heteroatoms. The van der Waals surface area contributed by atoms with E-state index in [9.17, 15) is 18.0 Å². The van der Waals surface area contributed by atoms with E-state index >= 15 is 0 Å². The Kier molecular flexibility index (Phi) is 10.4. The van der Waals surface area contributed by atoms with Crippen molar-refractivity contribution in [2.75, 3.05) is 17.1 Å². The molecule has 7 nitrogen and oxygen atoms in total. The highest BCUT2D eigenvalue weighted by molar-refractivity contribution is 7.92. The van der Waals surface area contributed by atoms with Crippen LogP contribution in [0.2, 0.25) is 20.1 Å². The molecule has 2 amide bonds. The number of benzene rings is 2. The molecule has 0 bridgehead atoms. The largest absolute Gasteiger partial charge is 0.350 e. The molecule has 0 saturated carbocycles. The zero-order chi connectivity index (χ0) is 27.4. The minimum atomic E-state index is -3.93. The van der Waals surface area contributed by atoms with E-state index in [1.165, 1.54) is 23.1 Å². The third kappa shape index (κ3) is 8.42. The summed E-state index contributed by atoms with van der Waals surface area (Å²) in [6, 6.07) is 8.29. The SMILES string of the molecule is CC[C@@H](C(=O)NC(C)(C)C)N(Cc1ccc(Cl)c(Cl)c1)C(=O)CN(c1ccc(Cl)cc1Cl)S(C)(=O)=O. The first-order chi connectivity index (χ1) is 16.5. The fraction of sp³-hybridized carbons (Fsp3) is 0.417. The molecule has 0 aliphatic heterocycles. The molecule has 0 aliphatic rings. The lowest BCUT2D eigenvalue weighted by Gasteiger charge is -2.34. The van der Waals surface area contributed by atoms with Crippen molar-refractivity contribution in [3.8, 4) is 0 Å².